The van der Waals surface area contributed by atoms with Gasteiger partial charge in [0.2, 0.25) is 0 Å². The Bertz CT molecular complexity index is 680. The molecule has 0 amide bonds. The van der Waals surface area contributed by atoms with Crippen LogP contribution in [0.3, 0.4) is 0 Å². The summed E-state index contributed by atoms with van der Waals surface area (Å²) in [6.07, 6.45) is 0. The van der Waals surface area contributed by atoms with Crippen LogP contribution in [0.4, 0.5) is 5.69 Å². The molecule has 96 valence electrons. The smallest absolute Gasteiger partial charge is 0.133 e. The Balaban J connectivity index is 2.07. The number of anilines is 1. The van der Waals surface area contributed by atoms with Crippen molar-refractivity contribution in [1.29, 1.82) is 5.41 Å². The second kappa shape index (κ2) is 4.55. The number of nitrogens with zero attached hydrogens (tertiary/aromatic N) is 1. The summed E-state index contributed by atoms with van der Waals surface area (Å²) in [5.41, 5.74) is 3.83. The Labute approximate surface area is 122 Å². The number of hydrogen-bond donors (Lipinski definition) is 1. The van der Waals surface area contributed by atoms with Gasteiger partial charge in [-0.2, -0.15) is 0 Å². The lowest BCUT2D eigenvalue weighted by atomic mass is 10.1. The fraction of sp³-hybridized carbons (Fsp3) is 0.133. The van der Waals surface area contributed by atoms with E-state index in [4.69, 9.17) is 28.6 Å². The van der Waals surface area contributed by atoms with Gasteiger partial charge in [-0.3, -0.25) is 5.41 Å². The fourth-order valence-corrected chi connectivity index (χ4v) is 2.81. The van der Waals surface area contributed by atoms with Gasteiger partial charge in [-0.15, -0.1) is 0 Å². The number of aryl methyl sites for hydroxylation is 1. The second-order valence-corrected chi connectivity index (χ2v) is 5.46. The fourth-order valence-electron chi connectivity index (χ4n) is 2.33. The van der Waals surface area contributed by atoms with Crippen molar-refractivity contribution in [2.45, 2.75) is 13.5 Å². The molecular weight excluding hydrogens is 279 g/mol. The van der Waals surface area contributed by atoms with Gasteiger partial charge in [-0.25, -0.2) is 0 Å². The number of halogens is 2. The van der Waals surface area contributed by atoms with E-state index >= 15 is 0 Å². The lowest BCUT2D eigenvalue weighted by molar-refractivity contribution is 1.05. The van der Waals surface area contributed by atoms with Crippen molar-refractivity contribution in [2.24, 2.45) is 0 Å². The van der Waals surface area contributed by atoms with E-state index in [0.29, 0.717) is 22.4 Å². The summed E-state index contributed by atoms with van der Waals surface area (Å²) in [4.78, 5) is 1.89. The third-order valence-corrected chi connectivity index (χ3v) is 4.10. The van der Waals surface area contributed by atoms with Gasteiger partial charge in [0.15, 0.2) is 0 Å². The highest BCUT2D eigenvalue weighted by Gasteiger charge is 2.26. The summed E-state index contributed by atoms with van der Waals surface area (Å²) >= 11 is 12.5. The number of fused-ring (bicyclic) bond motifs is 1. The van der Waals surface area contributed by atoms with Crippen molar-refractivity contribution in [3.63, 3.8) is 0 Å². The third-order valence-electron chi connectivity index (χ3n) is 3.39. The predicted octanol–water partition coefficient (Wildman–Crippen LogP) is 4.65. The molecule has 0 fully saturated rings. The summed E-state index contributed by atoms with van der Waals surface area (Å²) in [5.74, 6) is 0.470. The average Bonchev–Trinajstić information content (AvgIpc) is 2.72. The molecule has 2 aromatic carbocycles. The summed E-state index contributed by atoms with van der Waals surface area (Å²) in [7, 11) is 0. The van der Waals surface area contributed by atoms with E-state index in [9.17, 15) is 0 Å². The van der Waals surface area contributed by atoms with Crippen molar-refractivity contribution < 1.29 is 0 Å². The van der Waals surface area contributed by atoms with Crippen LogP contribution in [0.2, 0.25) is 10.0 Å². The summed E-state index contributed by atoms with van der Waals surface area (Å²) in [6.45, 7) is 2.58. The van der Waals surface area contributed by atoms with Gasteiger partial charge in [0.25, 0.3) is 0 Å². The molecule has 0 radical (unpaired) electrons. The molecule has 0 aliphatic carbocycles. The first kappa shape index (κ1) is 12.5. The molecule has 0 unspecified atom stereocenters. The minimum Gasteiger partial charge on any atom is -0.320 e. The highest BCUT2D eigenvalue weighted by molar-refractivity contribution is 6.36. The maximum absolute atomic E-state index is 8.27. The number of nitrogens with one attached hydrogen (secondary N) is 1. The van der Waals surface area contributed by atoms with Crippen molar-refractivity contribution in [2.75, 3.05) is 4.90 Å². The van der Waals surface area contributed by atoms with Crippen molar-refractivity contribution in [3.05, 3.63) is 63.1 Å². The molecule has 0 bridgehead atoms. The van der Waals surface area contributed by atoms with E-state index in [1.807, 2.05) is 48.2 Å². The normalized spacial score (nSPS) is 13.8. The quantitative estimate of drug-likeness (QED) is 0.813. The Kier molecular flexibility index (Phi) is 3.00. The molecule has 0 saturated carbocycles. The predicted molar refractivity (Wildman–Crippen MR) is 80.7 cm³/mol. The largest absolute Gasteiger partial charge is 0.320 e. The maximum Gasteiger partial charge on any atom is 0.133 e. The molecule has 1 aliphatic rings. The Morgan fingerprint density at radius 3 is 2.58 bits per heavy atom. The molecule has 1 aliphatic heterocycles. The van der Waals surface area contributed by atoms with Crippen LogP contribution in [0, 0.1) is 12.3 Å². The average molecular weight is 291 g/mol. The van der Waals surface area contributed by atoms with Gasteiger partial charge in [0.1, 0.15) is 5.84 Å². The van der Waals surface area contributed by atoms with Gasteiger partial charge in [-0.1, -0.05) is 47.5 Å². The van der Waals surface area contributed by atoms with Crippen LogP contribution in [0.5, 0.6) is 0 Å². The third kappa shape index (κ3) is 2.01. The highest BCUT2D eigenvalue weighted by atomic mass is 35.5. The zero-order valence-corrected chi connectivity index (χ0v) is 11.9. The van der Waals surface area contributed by atoms with Crippen LogP contribution in [0.15, 0.2) is 36.4 Å². The first-order chi connectivity index (χ1) is 9.08. The van der Waals surface area contributed by atoms with Crippen LogP contribution in [-0.2, 0) is 6.54 Å². The van der Waals surface area contributed by atoms with Crippen LogP contribution >= 0.6 is 23.2 Å². The minimum absolute atomic E-state index is 0.470. The summed E-state index contributed by atoms with van der Waals surface area (Å²) in [6, 6.07) is 11.6. The topological polar surface area (TPSA) is 27.1 Å². The number of rotatable bonds is 1. The molecule has 3 rings (SSSR count). The van der Waals surface area contributed by atoms with Crippen molar-refractivity contribution >= 4 is 34.7 Å². The molecule has 0 saturated heterocycles. The summed E-state index contributed by atoms with van der Waals surface area (Å²) in [5, 5.41) is 9.56. The molecule has 4 heteroatoms. The van der Waals surface area contributed by atoms with Gasteiger partial charge in [0.05, 0.1) is 17.3 Å². The molecule has 0 spiro atoms. The van der Waals surface area contributed by atoms with Crippen molar-refractivity contribution in [1.82, 2.24) is 0 Å². The molecule has 1 N–H and O–H groups in total. The highest BCUT2D eigenvalue weighted by Crippen LogP contribution is 2.36. The molecule has 2 nitrogen and oxygen atoms in total. The van der Waals surface area contributed by atoms with Crippen LogP contribution in [0.1, 0.15) is 16.7 Å². The van der Waals surface area contributed by atoms with E-state index in [0.717, 1.165) is 22.4 Å². The van der Waals surface area contributed by atoms with Gasteiger partial charge < -0.3 is 4.90 Å². The zero-order valence-electron chi connectivity index (χ0n) is 10.4. The van der Waals surface area contributed by atoms with E-state index in [-0.39, 0.29) is 0 Å². The lowest BCUT2D eigenvalue weighted by Crippen LogP contribution is -2.23. The van der Waals surface area contributed by atoms with E-state index < -0.39 is 0 Å². The Morgan fingerprint density at radius 2 is 1.84 bits per heavy atom. The summed E-state index contributed by atoms with van der Waals surface area (Å²) < 4.78 is 0. The molecule has 2 aromatic rings. The second-order valence-electron chi connectivity index (χ2n) is 4.64. The SMILES string of the molecule is Cc1cc(Cl)c(N2Cc3ccccc3C2=N)cc1Cl. The zero-order chi connectivity index (χ0) is 13.6. The maximum atomic E-state index is 8.27. The number of hydrogen-bond acceptors (Lipinski definition) is 1. The lowest BCUT2D eigenvalue weighted by Gasteiger charge is -2.20. The van der Waals surface area contributed by atoms with E-state index in [2.05, 4.69) is 0 Å². The van der Waals surface area contributed by atoms with Gasteiger partial charge in [-0.05, 0) is 30.2 Å². The first-order valence-corrected chi connectivity index (χ1v) is 6.73. The molecular formula is C15H12Cl2N2. The van der Waals surface area contributed by atoms with Crippen LogP contribution in [0.25, 0.3) is 0 Å². The Morgan fingerprint density at radius 1 is 1.11 bits per heavy atom. The Hall–Kier alpha value is -1.51. The van der Waals surface area contributed by atoms with Crippen LogP contribution in [-0.4, -0.2) is 5.84 Å². The standard InChI is InChI=1S/C15H12Cl2N2/c1-9-6-13(17)14(7-12(9)16)19-8-10-4-2-3-5-11(10)15(19)18/h2-7,18H,8H2,1H3. The number of benzene rings is 2. The van der Waals surface area contributed by atoms with Crippen molar-refractivity contribution in [3.8, 4) is 0 Å². The monoisotopic (exact) mass is 290 g/mol. The first-order valence-electron chi connectivity index (χ1n) is 5.98. The van der Waals surface area contributed by atoms with Gasteiger partial charge >= 0.3 is 0 Å². The van der Waals surface area contributed by atoms with E-state index in [1.54, 1.807) is 0 Å². The molecule has 0 aromatic heterocycles. The minimum atomic E-state index is 0.470. The number of amidine groups is 1. The van der Waals surface area contributed by atoms with E-state index in [1.165, 1.54) is 0 Å². The molecule has 19 heavy (non-hydrogen) atoms. The molecule has 0 atom stereocenters. The van der Waals surface area contributed by atoms with Crippen LogP contribution < -0.4 is 4.90 Å². The molecule has 1 heterocycles. The van der Waals surface area contributed by atoms with Gasteiger partial charge in [0, 0.05) is 10.6 Å².